The molecule has 0 fully saturated rings. The van der Waals surface area contributed by atoms with E-state index in [1.807, 2.05) is 66.7 Å². The molecule has 7 nitrogen and oxygen atoms in total. The summed E-state index contributed by atoms with van der Waals surface area (Å²) in [6.07, 6.45) is 0. The summed E-state index contributed by atoms with van der Waals surface area (Å²) in [7, 11) is 3.13. The highest BCUT2D eigenvalue weighted by molar-refractivity contribution is 5.82. The van der Waals surface area contributed by atoms with Gasteiger partial charge in [-0.05, 0) is 48.0 Å². The Morgan fingerprint density at radius 3 is 2.52 bits per heavy atom. The van der Waals surface area contributed by atoms with Gasteiger partial charge in [-0.3, -0.25) is 13.9 Å². The summed E-state index contributed by atoms with van der Waals surface area (Å²) in [6, 6.07) is 21.4. The molecule has 0 aliphatic carbocycles. The van der Waals surface area contributed by atoms with E-state index >= 15 is 0 Å². The Morgan fingerprint density at radius 1 is 0.935 bits per heavy atom. The van der Waals surface area contributed by atoms with Gasteiger partial charge in [0.05, 0.1) is 16.7 Å². The average Bonchev–Trinajstić information content (AvgIpc) is 3.26. The molecule has 0 aliphatic rings. The van der Waals surface area contributed by atoms with E-state index in [1.54, 1.807) is 7.05 Å². The normalized spacial score (nSPS) is 11.3. The van der Waals surface area contributed by atoms with Gasteiger partial charge in [0.1, 0.15) is 17.9 Å². The molecule has 0 saturated carbocycles. The Hall–Kier alpha value is -4.13. The van der Waals surface area contributed by atoms with Gasteiger partial charge < -0.3 is 9.72 Å². The van der Waals surface area contributed by atoms with Gasteiger partial charge in [0.15, 0.2) is 0 Å². The third-order valence-corrected chi connectivity index (χ3v) is 5.46. The largest absolute Gasteiger partial charge is 0.487 e. The molecule has 0 bridgehead atoms. The smallest absolute Gasteiger partial charge is 0.331 e. The Morgan fingerprint density at radius 2 is 1.71 bits per heavy atom. The number of aromatic nitrogens is 4. The molecule has 1 N–H and O–H groups in total. The topological polar surface area (TPSA) is 81.9 Å². The van der Waals surface area contributed by atoms with E-state index in [-0.39, 0.29) is 11.2 Å². The predicted octanol–water partition coefficient (Wildman–Crippen LogP) is 3.36. The maximum atomic E-state index is 12.4. The van der Waals surface area contributed by atoms with Crippen LogP contribution in [0.25, 0.3) is 33.2 Å². The second-order valence-corrected chi connectivity index (χ2v) is 7.46. The van der Waals surface area contributed by atoms with Crippen LogP contribution < -0.4 is 16.0 Å². The summed E-state index contributed by atoms with van der Waals surface area (Å²) in [5.74, 6) is 0.720. The molecule has 0 saturated heterocycles. The molecule has 0 atom stereocenters. The summed E-state index contributed by atoms with van der Waals surface area (Å²) in [5.41, 5.74) is 3.74. The highest BCUT2D eigenvalue weighted by Gasteiger charge is 2.12. The van der Waals surface area contributed by atoms with Gasteiger partial charge in [-0.25, -0.2) is 9.78 Å². The van der Waals surface area contributed by atoms with Gasteiger partial charge in [-0.2, -0.15) is 0 Å². The fraction of sp³-hybridized carbons (Fsp3) is 0.125. The first kappa shape index (κ1) is 18.9. The first-order valence-electron chi connectivity index (χ1n) is 9.88. The van der Waals surface area contributed by atoms with Crippen molar-refractivity contribution in [2.24, 2.45) is 14.1 Å². The zero-order chi connectivity index (χ0) is 21.5. The number of nitrogens with zero attached hydrogens (tertiary/aromatic N) is 3. The van der Waals surface area contributed by atoms with Gasteiger partial charge in [0, 0.05) is 25.2 Å². The molecule has 3 aromatic heterocycles. The number of nitrogens with one attached hydrogen (secondary N) is 1. The zero-order valence-corrected chi connectivity index (χ0v) is 17.1. The fourth-order valence-electron chi connectivity index (χ4n) is 3.69. The summed E-state index contributed by atoms with van der Waals surface area (Å²) in [6.45, 7) is 0.370. The first-order chi connectivity index (χ1) is 15.0. The van der Waals surface area contributed by atoms with Crippen molar-refractivity contribution in [3.8, 4) is 17.0 Å². The van der Waals surface area contributed by atoms with E-state index in [4.69, 9.17) is 4.74 Å². The standard InChI is InChI=1S/C24H20N4O3/c1-27-21-13-20(26-22(21)23(29)28(2)24(27)30)16-8-11-18(12-9-16)31-14-17-10-7-15-5-3-4-6-19(15)25-17/h3-13,26H,14H2,1-2H3. The van der Waals surface area contributed by atoms with E-state index in [1.165, 1.54) is 11.6 Å². The second-order valence-electron chi connectivity index (χ2n) is 7.46. The lowest BCUT2D eigenvalue weighted by molar-refractivity contribution is 0.302. The third kappa shape index (κ3) is 3.30. The van der Waals surface area contributed by atoms with Crippen LogP contribution in [-0.2, 0) is 20.7 Å². The number of benzene rings is 2. The van der Waals surface area contributed by atoms with Crippen LogP contribution in [0.15, 0.2) is 76.3 Å². The average molecular weight is 412 g/mol. The Balaban J connectivity index is 1.38. The molecular formula is C24H20N4O3. The molecular weight excluding hydrogens is 392 g/mol. The van der Waals surface area contributed by atoms with Crippen LogP contribution in [0, 0.1) is 0 Å². The molecule has 31 heavy (non-hydrogen) atoms. The van der Waals surface area contributed by atoms with Crippen molar-refractivity contribution in [3.63, 3.8) is 0 Å². The molecule has 154 valence electrons. The SMILES string of the molecule is Cn1c(=O)c2[nH]c(-c3ccc(OCc4ccc5ccccc5n4)cc3)cc2n(C)c1=O. The summed E-state index contributed by atoms with van der Waals surface area (Å²) in [4.78, 5) is 32.3. The minimum atomic E-state index is -0.353. The quantitative estimate of drug-likeness (QED) is 0.491. The lowest BCUT2D eigenvalue weighted by Gasteiger charge is -2.07. The first-order valence-corrected chi connectivity index (χ1v) is 9.88. The number of ether oxygens (including phenoxy) is 1. The van der Waals surface area contributed by atoms with Gasteiger partial charge >= 0.3 is 5.69 Å². The highest BCUT2D eigenvalue weighted by atomic mass is 16.5. The summed E-state index contributed by atoms with van der Waals surface area (Å²) in [5, 5.41) is 1.10. The van der Waals surface area contributed by atoms with Gasteiger partial charge in [-0.15, -0.1) is 0 Å². The van der Waals surface area contributed by atoms with Gasteiger partial charge in [0.25, 0.3) is 5.56 Å². The number of hydrogen-bond donors (Lipinski definition) is 1. The van der Waals surface area contributed by atoms with Crippen LogP contribution in [0.5, 0.6) is 5.75 Å². The van der Waals surface area contributed by atoms with Crippen LogP contribution in [0.3, 0.4) is 0 Å². The number of pyridine rings is 1. The number of aryl methyl sites for hydroxylation is 1. The number of para-hydroxylation sites is 1. The molecule has 2 aromatic carbocycles. The van der Waals surface area contributed by atoms with Crippen molar-refractivity contribution >= 4 is 21.9 Å². The molecule has 0 unspecified atom stereocenters. The monoisotopic (exact) mass is 412 g/mol. The zero-order valence-electron chi connectivity index (χ0n) is 17.1. The highest BCUT2D eigenvalue weighted by Crippen LogP contribution is 2.24. The molecule has 0 spiro atoms. The van der Waals surface area contributed by atoms with Crippen molar-refractivity contribution in [1.29, 1.82) is 0 Å². The van der Waals surface area contributed by atoms with Crippen molar-refractivity contribution in [2.75, 3.05) is 0 Å². The van der Waals surface area contributed by atoms with Gasteiger partial charge in [0.2, 0.25) is 0 Å². The fourth-order valence-corrected chi connectivity index (χ4v) is 3.69. The summed E-state index contributed by atoms with van der Waals surface area (Å²) >= 11 is 0. The maximum absolute atomic E-state index is 12.4. The summed E-state index contributed by atoms with van der Waals surface area (Å²) < 4.78 is 8.45. The molecule has 0 radical (unpaired) electrons. The maximum Gasteiger partial charge on any atom is 0.331 e. The minimum Gasteiger partial charge on any atom is -0.487 e. The molecule has 3 heterocycles. The molecule has 5 rings (SSSR count). The van der Waals surface area contributed by atoms with Crippen LogP contribution in [0.1, 0.15) is 5.69 Å². The Kier molecular flexibility index (Phi) is 4.43. The lowest BCUT2D eigenvalue weighted by atomic mass is 10.1. The van der Waals surface area contributed by atoms with Crippen LogP contribution in [0.2, 0.25) is 0 Å². The molecule has 0 amide bonds. The molecule has 7 heteroatoms. The number of rotatable bonds is 4. The van der Waals surface area contributed by atoms with E-state index in [9.17, 15) is 9.59 Å². The lowest BCUT2D eigenvalue weighted by Crippen LogP contribution is -2.36. The molecule has 0 aliphatic heterocycles. The van der Waals surface area contributed by atoms with E-state index < -0.39 is 0 Å². The minimum absolute atomic E-state index is 0.341. The van der Waals surface area contributed by atoms with Gasteiger partial charge in [-0.1, -0.05) is 24.3 Å². The molecule has 5 aromatic rings. The van der Waals surface area contributed by atoms with E-state index in [0.29, 0.717) is 17.6 Å². The number of H-pyrrole nitrogens is 1. The van der Waals surface area contributed by atoms with Crippen molar-refractivity contribution in [1.82, 2.24) is 19.1 Å². The van der Waals surface area contributed by atoms with Crippen LogP contribution in [-0.4, -0.2) is 19.1 Å². The number of fused-ring (bicyclic) bond motifs is 2. The second kappa shape index (κ2) is 7.28. The van der Waals surface area contributed by atoms with Crippen LogP contribution in [0.4, 0.5) is 0 Å². The Bertz CT molecular complexity index is 1540. The van der Waals surface area contributed by atoms with Crippen molar-refractivity contribution in [2.45, 2.75) is 6.61 Å². The number of hydrogen-bond acceptors (Lipinski definition) is 4. The van der Waals surface area contributed by atoms with Crippen LogP contribution >= 0.6 is 0 Å². The third-order valence-electron chi connectivity index (χ3n) is 5.46. The van der Waals surface area contributed by atoms with E-state index in [0.717, 1.165) is 38.2 Å². The van der Waals surface area contributed by atoms with E-state index in [2.05, 4.69) is 9.97 Å². The number of aromatic amines is 1. The predicted molar refractivity (Wildman–Crippen MR) is 120 cm³/mol. The Labute approximate surface area is 177 Å². The van der Waals surface area contributed by atoms with Crippen molar-refractivity contribution in [3.05, 3.63) is 93.3 Å². The van der Waals surface area contributed by atoms with Crippen molar-refractivity contribution < 1.29 is 4.74 Å².